The van der Waals surface area contributed by atoms with Gasteiger partial charge in [-0.05, 0) is 41.5 Å². The fourth-order valence-electron chi connectivity index (χ4n) is 1.51. The highest BCUT2D eigenvalue weighted by molar-refractivity contribution is 6.33. The predicted molar refractivity (Wildman–Crippen MR) is 89.2 cm³/mol. The lowest BCUT2D eigenvalue weighted by Crippen LogP contribution is -2.44. The van der Waals surface area contributed by atoms with Gasteiger partial charge >= 0.3 is 12.2 Å². The van der Waals surface area contributed by atoms with E-state index in [1.54, 1.807) is 41.5 Å². The van der Waals surface area contributed by atoms with Crippen LogP contribution in [0.3, 0.4) is 0 Å². The summed E-state index contributed by atoms with van der Waals surface area (Å²) in [4.78, 5) is 28.7. The van der Waals surface area contributed by atoms with Crippen LogP contribution in [0.25, 0.3) is 0 Å². The molecule has 134 valence electrons. The number of amides is 2. The molecule has 0 spiro atoms. The Bertz CT molecular complexity index is 626. The summed E-state index contributed by atoms with van der Waals surface area (Å²) in [6, 6.07) is 0.983. The van der Waals surface area contributed by atoms with Crippen LogP contribution in [0.4, 0.5) is 19.7 Å². The maximum absolute atomic E-state index is 14.3. The van der Waals surface area contributed by atoms with E-state index in [1.165, 1.54) is 0 Å². The fraction of sp³-hybridized carbons (Fsp3) is 0.533. The molecule has 0 radical (unpaired) electrons. The molecular formula is C15H19Cl2FN2O4. The molecule has 0 fully saturated rings. The van der Waals surface area contributed by atoms with Gasteiger partial charge in [-0.3, -0.25) is 0 Å². The molecule has 0 bridgehead atoms. The zero-order valence-corrected chi connectivity index (χ0v) is 15.8. The maximum Gasteiger partial charge on any atom is 0.424 e. The van der Waals surface area contributed by atoms with Crippen LogP contribution in [0.2, 0.25) is 10.3 Å². The Morgan fingerprint density at radius 1 is 1.04 bits per heavy atom. The topological polar surface area (TPSA) is 68.7 Å². The average molecular weight is 381 g/mol. The van der Waals surface area contributed by atoms with E-state index in [0.29, 0.717) is 4.90 Å². The summed E-state index contributed by atoms with van der Waals surface area (Å²) >= 11 is 11.4. The van der Waals surface area contributed by atoms with Gasteiger partial charge in [-0.15, -0.1) is 0 Å². The first-order chi connectivity index (χ1) is 10.7. The first-order valence-electron chi connectivity index (χ1n) is 6.99. The lowest BCUT2D eigenvalue weighted by Gasteiger charge is -2.28. The largest absolute Gasteiger partial charge is 0.443 e. The molecule has 0 unspecified atom stereocenters. The number of carbonyl (C=O) groups excluding carboxylic acids is 2. The van der Waals surface area contributed by atoms with Crippen molar-refractivity contribution in [3.8, 4) is 0 Å². The monoisotopic (exact) mass is 380 g/mol. The van der Waals surface area contributed by atoms with Gasteiger partial charge in [0, 0.05) is 6.07 Å². The second-order valence-corrected chi connectivity index (χ2v) is 7.61. The molecule has 0 saturated carbocycles. The fourth-order valence-corrected chi connectivity index (χ4v) is 1.93. The summed E-state index contributed by atoms with van der Waals surface area (Å²) in [5.74, 6) is -1.10. The number of nitrogens with zero attached hydrogens (tertiary/aromatic N) is 2. The number of imide groups is 1. The highest BCUT2D eigenvalue weighted by Crippen LogP contribution is 2.30. The van der Waals surface area contributed by atoms with Crippen LogP contribution in [0, 0.1) is 5.82 Å². The Morgan fingerprint density at radius 2 is 1.46 bits per heavy atom. The van der Waals surface area contributed by atoms with Gasteiger partial charge in [0.25, 0.3) is 0 Å². The van der Waals surface area contributed by atoms with Crippen molar-refractivity contribution in [1.82, 2.24) is 4.98 Å². The average Bonchev–Trinajstić information content (AvgIpc) is 2.30. The number of ether oxygens (including phenoxy) is 2. The predicted octanol–water partition coefficient (Wildman–Crippen LogP) is 5.20. The molecule has 0 aliphatic carbocycles. The van der Waals surface area contributed by atoms with E-state index in [2.05, 4.69) is 4.98 Å². The lowest BCUT2D eigenvalue weighted by atomic mass is 10.2. The smallest absolute Gasteiger partial charge is 0.424 e. The summed E-state index contributed by atoms with van der Waals surface area (Å²) < 4.78 is 24.6. The molecule has 1 aromatic rings. The molecule has 9 heteroatoms. The minimum atomic E-state index is -1.13. The highest BCUT2D eigenvalue weighted by Gasteiger charge is 2.35. The molecule has 1 aromatic heterocycles. The summed E-state index contributed by atoms with van der Waals surface area (Å²) in [5, 5.41) is -0.789. The van der Waals surface area contributed by atoms with Gasteiger partial charge in [0.05, 0.1) is 0 Å². The first-order valence-corrected chi connectivity index (χ1v) is 7.74. The van der Waals surface area contributed by atoms with Crippen molar-refractivity contribution in [1.29, 1.82) is 0 Å². The van der Waals surface area contributed by atoms with Gasteiger partial charge in [-0.25, -0.2) is 19.0 Å². The standard InChI is InChI=1S/C15H19Cl2FN2O4/c1-14(2,3)23-12(21)20(13(22)24-15(4,5)6)8-7-9(16)19-11(17)10(8)18/h7H,1-6H3. The number of carbonyl (C=O) groups is 2. The van der Waals surface area contributed by atoms with E-state index >= 15 is 0 Å². The van der Waals surface area contributed by atoms with E-state index in [0.717, 1.165) is 6.07 Å². The molecule has 24 heavy (non-hydrogen) atoms. The lowest BCUT2D eigenvalue weighted by molar-refractivity contribution is 0.0429. The van der Waals surface area contributed by atoms with Gasteiger partial charge in [0.2, 0.25) is 0 Å². The van der Waals surface area contributed by atoms with Gasteiger partial charge < -0.3 is 9.47 Å². The van der Waals surface area contributed by atoms with Crippen LogP contribution in [0.15, 0.2) is 6.07 Å². The second kappa shape index (κ2) is 7.11. The molecule has 1 rings (SSSR count). The first kappa shape index (κ1) is 20.4. The second-order valence-electron chi connectivity index (χ2n) is 6.86. The zero-order valence-electron chi connectivity index (χ0n) is 14.2. The number of aromatic nitrogens is 1. The van der Waals surface area contributed by atoms with Gasteiger partial charge in [-0.1, -0.05) is 23.2 Å². The molecule has 6 nitrogen and oxygen atoms in total. The number of pyridine rings is 1. The Balaban J connectivity index is 3.39. The zero-order chi connectivity index (χ0) is 18.9. The van der Waals surface area contributed by atoms with E-state index in [4.69, 9.17) is 32.7 Å². The van der Waals surface area contributed by atoms with Crippen LogP contribution >= 0.6 is 23.2 Å². The normalized spacial score (nSPS) is 11.9. The van der Waals surface area contributed by atoms with E-state index in [1.807, 2.05) is 0 Å². The number of anilines is 1. The molecule has 0 saturated heterocycles. The van der Waals surface area contributed by atoms with Crippen molar-refractivity contribution >= 4 is 41.1 Å². The Labute approximate surface area is 149 Å². The molecule has 0 N–H and O–H groups in total. The SMILES string of the molecule is CC(C)(C)OC(=O)N(C(=O)OC(C)(C)C)c1cc(Cl)nc(Cl)c1F. The Hall–Kier alpha value is -1.60. The van der Waals surface area contributed by atoms with Gasteiger partial charge in [0.15, 0.2) is 11.0 Å². The molecule has 0 aromatic carbocycles. The molecule has 0 atom stereocenters. The highest BCUT2D eigenvalue weighted by atomic mass is 35.5. The molecule has 2 amide bonds. The number of halogens is 3. The van der Waals surface area contributed by atoms with Crippen molar-refractivity contribution in [3.05, 3.63) is 22.2 Å². The summed E-state index contributed by atoms with van der Waals surface area (Å²) in [7, 11) is 0. The van der Waals surface area contributed by atoms with Crippen molar-refractivity contribution in [2.24, 2.45) is 0 Å². The molecule has 0 aliphatic heterocycles. The minimum absolute atomic E-state index is 0.200. The third kappa shape index (κ3) is 5.79. The van der Waals surface area contributed by atoms with Gasteiger partial charge in [0.1, 0.15) is 22.0 Å². The van der Waals surface area contributed by atoms with E-state index in [-0.39, 0.29) is 5.15 Å². The molecule has 1 heterocycles. The Kier molecular flexibility index (Phi) is 6.05. The van der Waals surface area contributed by atoms with Crippen molar-refractivity contribution in [2.75, 3.05) is 4.90 Å². The third-order valence-corrected chi connectivity index (χ3v) is 2.70. The Morgan fingerprint density at radius 3 is 1.83 bits per heavy atom. The van der Waals surface area contributed by atoms with Crippen LogP contribution in [0.1, 0.15) is 41.5 Å². The van der Waals surface area contributed by atoms with E-state index < -0.39 is 40.0 Å². The molecular weight excluding hydrogens is 362 g/mol. The minimum Gasteiger partial charge on any atom is -0.443 e. The summed E-state index contributed by atoms with van der Waals surface area (Å²) in [6.07, 6.45) is -2.26. The van der Waals surface area contributed by atoms with Crippen molar-refractivity contribution in [2.45, 2.75) is 52.7 Å². The van der Waals surface area contributed by atoms with Crippen molar-refractivity contribution < 1.29 is 23.5 Å². The summed E-state index contributed by atoms with van der Waals surface area (Å²) in [5.41, 5.74) is -2.36. The number of hydrogen-bond donors (Lipinski definition) is 0. The third-order valence-electron chi connectivity index (χ3n) is 2.26. The maximum atomic E-state index is 14.3. The van der Waals surface area contributed by atoms with Gasteiger partial charge in [-0.2, -0.15) is 4.90 Å². The van der Waals surface area contributed by atoms with Crippen LogP contribution in [0.5, 0.6) is 0 Å². The number of hydrogen-bond acceptors (Lipinski definition) is 5. The van der Waals surface area contributed by atoms with Crippen LogP contribution in [-0.2, 0) is 9.47 Å². The van der Waals surface area contributed by atoms with Crippen LogP contribution < -0.4 is 4.90 Å². The van der Waals surface area contributed by atoms with Crippen molar-refractivity contribution in [3.63, 3.8) is 0 Å². The molecule has 0 aliphatic rings. The van der Waals surface area contributed by atoms with E-state index in [9.17, 15) is 14.0 Å². The quantitative estimate of drug-likeness (QED) is 0.625. The number of rotatable bonds is 1. The summed E-state index contributed by atoms with van der Waals surface area (Å²) in [6.45, 7) is 9.59. The van der Waals surface area contributed by atoms with Crippen LogP contribution in [-0.4, -0.2) is 28.4 Å².